The Morgan fingerprint density at radius 1 is 1.07 bits per heavy atom. The summed E-state index contributed by atoms with van der Waals surface area (Å²) in [6.45, 7) is 4.00. The highest BCUT2D eigenvalue weighted by Crippen LogP contribution is 2.39. The van der Waals surface area contributed by atoms with Crippen molar-refractivity contribution >= 4 is 36.7 Å². The standard InChI is InChI=1S/C14H11N7O2S2.C2H6/c15-14-17-12-8(4-1-5-9(12)24-14)7-3-2-6-10(25(16,22)23)11(7)13-18-20-21-19-13;1-2/h1-6H,(H2,15,17)(H2,16,22,23)(H,18,19,20,21);1-2H3. The lowest BCUT2D eigenvalue weighted by Gasteiger charge is -2.11. The lowest BCUT2D eigenvalue weighted by atomic mass is 9.98. The Bertz CT molecular complexity index is 1180. The molecule has 0 saturated heterocycles. The van der Waals surface area contributed by atoms with Gasteiger partial charge in [-0.25, -0.2) is 18.5 Å². The molecule has 5 N–H and O–H groups in total. The van der Waals surface area contributed by atoms with E-state index >= 15 is 0 Å². The molecule has 2 heterocycles. The van der Waals surface area contributed by atoms with E-state index in [1.165, 1.54) is 17.4 Å². The number of primary sulfonamides is 1. The van der Waals surface area contributed by atoms with Gasteiger partial charge in [0.05, 0.1) is 20.7 Å². The van der Waals surface area contributed by atoms with Gasteiger partial charge in [0.2, 0.25) is 15.8 Å². The minimum absolute atomic E-state index is 0.0911. The van der Waals surface area contributed by atoms with Crippen LogP contribution in [0.4, 0.5) is 5.13 Å². The van der Waals surface area contributed by atoms with E-state index in [0.29, 0.717) is 21.8 Å². The maximum Gasteiger partial charge on any atom is 0.238 e. The summed E-state index contributed by atoms with van der Waals surface area (Å²) in [6.07, 6.45) is 0. The molecule has 4 aromatic rings. The van der Waals surface area contributed by atoms with Crippen molar-refractivity contribution in [3.8, 4) is 22.5 Å². The summed E-state index contributed by atoms with van der Waals surface area (Å²) >= 11 is 1.35. The average molecular weight is 403 g/mol. The highest BCUT2D eigenvalue weighted by molar-refractivity contribution is 7.89. The van der Waals surface area contributed by atoms with Gasteiger partial charge in [-0.3, -0.25) is 0 Å². The van der Waals surface area contributed by atoms with Crippen molar-refractivity contribution in [2.24, 2.45) is 5.14 Å². The highest BCUT2D eigenvalue weighted by Gasteiger charge is 2.23. The van der Waals surface area contributed by atoms with Crippen molar-refractivity contribution in [2.45, 2.75) is 18.7 Å². The number of rotatable bonds is 3. The van der Waals surface area contributed by atoms with E-state index in [9.17, 15) is 8.42 Å². The first-order valence-electron chi connectivity index (χ1n) is 8.00. The number of nitrogens with zero attached hydrogens (tertiary/aromatic N) is 4. The molecule has 11 heteroatoms. The van der Waals surface area contributed by atoms with E-state index in [4.69, 9.17) is 10.9 Å². The van der Waals surface area contributed by atoms with Gasteiger partial charge in [0.15, 0.2) is 5.13 Å². The normalized spacial score (nSPS) is 11.2. The first-order valence-corrected chi connectivity index (χ1v) is 10.4. The summed E-state index contributed by atoms with van der Waals surface area (Å²) < 4.78 is 25.0. The molecule has 0 bridgehead atoms. The molecule has 9 nitrogen and oxygen atoms in total. The van der Waals surface area contributed by atoms with E-state index < -0.39 is 10.0 Å². The minimum Gasteiger partial charge on any atom is -0.375 e. The van der Waals surface area contributed by atoms with Crippen LogP contribution in [0.5, 0.6) is 0 Å². The van der Waals surface area contributed by atoms with Crippen molar-refractivity contribution in [3.63, 3.8) is 0 Å². The molecule has 0 unspecified atom stereocenters. The van der Waals surface area contributed by atoms with Gasteiger partial charge < -0.3 is 5.73 Å². The maximum absolute atomic E-state index is 12.1. The van der Waals surface area contributed by atoms with Gasteiger partial charge in [0, 0.05) is 5.56 Å². The fraction of sp³-hybridized carbons (Fsp3) is 0.125. The van der Waals surface area contributed by atoms with E-state index in [-0.39, 0.29) is 16.3 Å². The zero-order chi connectivity index (χ0) is 19.6. The number of tetrazole rings is 1. The number of nitrogens with one attached hydrogen (secondary N) is 1. The summed E-state index contributed by atoms with van der Waals surface area (Å²) in [7, 11) is -4.00. The largest absolute Gasteiger partial charge is 0.375 e. The molecule has 0 saturated carbocycles. The number of sulfonamides is 1. The molecule has 140 valence electrons. The molecule has 0 spiro atoms. The third-order valence-electron chi connectivity index (χ3n) is 3.63. The Labute approximate surface area is 159 Å². The molecule has 0 radical (unpaired) electrons. The lowest BCUT2D eigenvalue weighted by molar-refractivity contribution is 0.598. The number of nitrogens with two attached hydrogens (primary N) is 2. The first kappa shape index (κ1) is 18.9. The van der Waals surface area contributed by atoms with Gasteiger partial charge in [-0.05, 0) is 22.9 Å². The minimum atomic E-state index is -4.00. The van der Waals surface area contributed by atoms with Crippen molar-refractivity contribution in [3.05, 3.63) is 36.4 Å². The predicted octanol–water partition coefficient (Wildman–Crippen LogP) is 2.40. The zero-order valence-electron chi connectivity index (χ0n) is 14.5. The van der Waals surface area contributed by atoms with Gasteiger partial charge in [0.1, 0.15) is 0 Å². The van der Waals surface area contributed by atoms with E-state index in [0.717, 1.165) is 4.70 Å². The molecule has 0 fully saturated rings. The molecule has 0 atom stereocenters. The third-order valence-corrected chi connectivity index (χ3v) is 5.43. The Kier molecular flexibility index (Phi) is 5.17. The molecule has 2 aromatic carbocycles. The van der Waals surface area contributed by atoms with Crippen molar-refractivity contribution in [2.75, 3.05) is 5.73 Å². The van der Waals surface area contributed by atoms with Crippen LogP contribution in [-0.2, 0) is 10.0 Å². The Hall–Kier alpha value is -2.89. The van der Waals surface area contributed by atoms with E-state index in [2.05, 4.69) is 25.6 Å². The van der Waals surface area contributed by atoms with Gasteiger partial charge in [0.25, 0.3) is 0 Å². The number of hydrogen-bond donors (Lipinski definition) is 3. The fourth-order valence-corrected chi connectivity index (χ4v) is 4.19. The van der Waals surface area contributed by atoms with Crippen LogP contribution in [0.25, 0.3) is 32.7 Å². The molecule has 4 rings (SSSR count). The van der Waals surface area contributed by atoms with Gasteiger partial charge in [-0.2, -0.15) is 5.21 Å². The number of fused-ring (bicyclic) bond motifs is 1. The number of thiazole rings is 1. The first-order chi connectivity index (χ1) is 12.9. The SMILES string of the molecule is CC.Nc1nc2c(-c3cccc(S(N)(=O)=O)c3-c3nn[nH]n3)cccc2s1. The van der Waals surface area contributed by atoms with Crippen molar-refractivity contribution in [1.82, 2.24) is 25.6 Å². The summed E-state index contributed by atoms with van der Waals surface area (Å²) in [4.78, 5) is 4.26. The van der Waals surface area contributed by atoms with Gasteiger partial charge >= 0.3 is 0 Å². The Balaban J connectivity index is 0.00000102. The monoisotopic (exact) mass is 403 g/mol. The number of aromatic nitrogens is 5. The Morgan fingerprint density at radius 2 is 1.78 bits per heavy atom. The zero-order valence-corrected chi connectivity index (χ0v) is 16.2. The predicted molar refractivity (Wildman–Crippen MR) is 105 cm³/mol. The van der Waals surface area contributed by atoms with Crippen LogP contribution in [0.1, 0.15) is 13.8 Å². The van der Waals surface area contributed by atoms with Gasteiger partial charge in [-0.15, -0.1) is 10.2 Å². The number of hydrogen-bond acceptors (Lipinski definition) is 8. The molecule has 2 aromatic heterocycles. The number of aromatic amines is 1. The van der Waals surface area contributed by atoms with Crippen LogP contribution in [0.2, 0.25) is 0 Å². The summed E-state index contributed by atoms with van der Waals surface area (Å²) in [5.74, 6) is 0.125. The lowest BCUT2D eigenvalue weighted by Crippen LogP contribution is -2.14. The molecular formula is C16H17N7O2S2. The number of nitrogen functional groups attached to an aromatic ring is 1. The van der Waals surface area contributed by atoms with E-state index in [1.807, 2.05) is 32.0 Å². The molecule has 0 aliphatic carbocycles. The van der Waals surface area contributed by atoms with Crippen LogP contribution in [-0.4, -0.2) is 34.0 Å². The Morgan fingerprint density at radius 3 is 2.44 bits per heavy atom. The van der Waals surface area contributed by atoms with Gasteiger partial charge in [-0.1, -0.05) is 49.4 Å². The second kappa shape index (κ2) is 7.39. The molecule has 0 aliphatic rings. The summed E-state index contributed by atoms with van der Waals surface area (Å²) in [6, 6.07) is 10.3. The van der Waals surface area contributed by atoms with Crippen molar-refractivity contribution < 1.29 is 8.42 Å². The topological polar surface area (TPSA) is 154 Å². The molecular weight excluding hydrogens is 386 g/mol. The van der Waals surface area contributed by atoms with Crippen molar-refractivity contribution in [1.29, 1.82) is 0 Å². The van der Waals surface area contributed by atoms with Crippen LogP contribution >= 0.6 is 11.3 Å². The summed E-state index contributed by atoms with van der Waals surface area (Å²) in [5.41, 5.74) is 8.03. The number of benzene rings is 2. The number of anilines is 1. The number of para-hydroxylation sites is 1. The number of H-pyrrole nitrogens is 1. The average Bonchev–Trinajstić information content (AvgIpc) is 3.30. The van der Waals surface area contributed by atoms with Crippen LogP contribution in [0.3, 0.4) is 0 Å². The van der Waals surface area contributed by atoms with E-state index in [1.54, 1.807) is 12.1 Å². The highest BCUT2D eigenvalue weighted by atomic mass is 32.2. The van der Waals surface area contributed by atoms with Crippen LogP contribution in [0.15, 0.2) is 41.3 Å². The van der Waals surface area contributed by atoms with Crippen LogP contribution < -0.4 is 10.9 Å². The maximum atomic E-state index is 12.1. The molecule has 0 aliphatic heterocycles. The smallest absolute Gasteiger partial charge is 0.238 e. The second-order valence-corrected chi connectivity index (χ2v) is 7.76. The fourth-order valence-electron chi connectivity index (χ4n) is 2.67. The summed E-state index contributed by atoms with van der Waals surface area (Å²) in [5, 5.41) is 19.5. The van der Waals surface area contributed by atoms with Crippen LogP contribution in [0, 0.1) is 0 Å². The second-order valence-electron chi connectivity index (χ2n) is 5.16. The molecule has 0 amide bonds. The molecule has 27 heavy (non-hydrogen) atoms. The quantitative estimate of drug-likeness (QED) is 0.474. The third kappa shape index (κ3) is 3.52.